The molecule has 2 fully saturated rings. The molecule has 0 unspecified atom stereocenters. The fraction of sp³-hybridized carbons (Fsp3) is 0.818. The Morgan fingerprint density at radius 3 is 2.81 bits per heavy atom. The van der Waals surface area contributed by atoms with Crippen molar-refractivity contribution in [3.05, 3.63) is 0 Å². The second-order valence-electron chi connectivity index (χ2n) is 4.95. The molecule has 2 aliphatic heterocycles. The maximum Gasteiger partial charge on any atom is 0.245 e. The van der Waals surface area contributed by atoms with Gasteiger partial charge < -0.3 is 15.5 Å². The van der Waals surface area contributed by atoms with Crippen LogP contribution in [0.3, 0.4) is 0 Å². The van der Waals surface area contributed by atoms with Gasteiger partial charge in [-0.1, -0.05) is 0 Å². The van der Waals surface area contributed by atoms with Gasteiger partial charge in [0.2, 0.25) is 11.8 Å². The molecule has 0 bridgehead atoms. The Bertz CT molecular complexity index is 308. The summed E-state index contributed by atoms with van der Waals surface area (Å²) in [5.74, 6) is 0.00227. The van der Waals surface area contributed by atoms with Crippen molar-refractivity contribution in [1.29, 1.82) is 0 Å². The fourth-order valence-corrected chi connectivity index (χ4v) is 2.37. The second-order valence-corrected chi connectivity index (χ2v) is 4.95. The first-order valence-electron chi connectivity index (χ1n) is 5.86. The Morgan fingerprint density at radius 2 is 2.19 bits per heavy atom. The van der Waals surface area contributed by atoms with Crippen molar-refractivity contribution in [3.63, 3.8) is 0 Å². The summed E-state index contributed by atoms with van der Waals surface area (Å²) in [6.07, 6.45) is 1.92. The van der Waals surface area contributed by atoms with Crippen LogP contribution in [0, 0.1) is 0 Å². The largest absolute Gasteiger partial charge is 0.352 e. The molecule has 16 heavy (non-hydrogen) atoms. The first kappa shape index (κ1) is 11.4. The third kappa shape index (κ3) is 1.80. The molecule has 1 atom stereocenters. The third-order valence-corrected chi connectivity index (χ3v) is 3.48. The molecule has 0 spiro atoms. The van der Waals surface area contributed by atoms with Crippen LogP contribution in [-0.2, 0) is 9.59 Å². The zero-order valence-electron chi connectivity index (χ0n) is 9.88. The standard InChI is InChI=1S/C11H19N3O2/c1-11(2)10(16)13-6-7-14(11)9(15)8-4-3-5-12-8/h8,12H,3-7H2,1-2H3,(H,13,16)/t8-/m0/s1. The van der Waals surface area contributed by atoms with E-state index in [0.29, 0.717) is 13.1 Å². The summed E-state index contributed by atoms with van der Waals surface area (Å²) in [6, 6.07) is -0.0924. The maximum absolute atomic E-state index is 12.2. The van der Waals surface area contributed by atoms with Crippen LogP contribution in [0.25, 0.3) is 0 Å². The predicted octanol–water partition coefficient (Wildman–Crippen LogP) is -0.525. The predicted molar refractivity (Wildman–Crippen MR) is 59.8 cm³/mol. The minimum absolute atomic E-state index is 0.0647. The molecule has 0 aromatic rings. The van der Waals surface area contributed by atoms with E-state index in [9.17, 15) is 9.59 Å². The molecule has 90 valence electrons. The molecule has 0 aromatic heterocycles. The quantitative estimate of drug-likeness (QED) is 0.631. The van der Waals surface area contributed by atoms with E-state index in [2.05, 4.69) is 10.6 Å². The highest BCUT2D eigenvalue weighted by Crippen LogP contribution is 2.20. The van der Waals surface area contributed by atoms with Crippen molar-refractivity contribution in [3.8, 4) is 0 Å². The van der Waals surface area contributed by atoms with Gasteiger partial charge in [-0.2, -0.15) is 0 Å². The van der Waals surface area contributed by atoms with Crippen molar-refractivity contribution in [2.75, 3.05) is 19.6 Å². The van der Waals surface area contributed by atoms with Gasteiger partial charge in [0.25, 0.3) is 0 Å². The number of piperazine rings is 1. The zero-order chi connectivity index (χ0) is 11.8. The van der Waals surface area contributed by atoms with Crippen molar-refractivity contribution >= 4 is 11.8 Å². The van der Waals surface area contributed by atoms with Gasteiger partial charge in [-0.25, -0.2) is 0 Å². The lowest BCUT2D eigenvalue weighted by Crippen LogP contribution is -2.65. The highest BCUT2D eigenvalue weighted by atomic mass is 16.2. The number of nitrogens with zero attached hydrogens (tertiary/aromatic N) is 1. The van der Waals surface area contributed by atoms with Crippen molar-refractivity contribution in [2.24, 2.45) is 0 Å². The van der Waals surface area contributed by atoms with Crippen LogP contribution in [0.1, 0.15) is 26.7 Å². The van der Waals surface area contributed by atoms with Crippen LogP contribution in [0.5, 0.6) is 0 Å². The third-order valence-electron chi connectivity index (χ3n) is 3.48. The van der Waals surface area contributed by atoms with Crippen LogP contribution in [0.15, 0.2) is 0 Å². The van der Waals surface area contributed by atoms with E-state index < -0.39 is 5.54 Å². The van der Waals surface area contributed by atoms with Gasteiger partial charge in [0.15, 0.2) is 0 Å². The molecule has 5 heteroatoms. The minimum atomic E-state index is -0.723. The molecule has 2 N–H and O–H groups in total. The van der Waals surface area contributed by atoms with Crippen molar-refractivity contribution in [2.45, 2.75) is 38.3 Å². The van der Waals surface area contributed by atoms with E-state index in [-0.39, 0.29) is 17.9 Å². The Morgan fingerprint density at radius 1 is 1.44 bits per heavy atom. The highest BCUT2D eigenvalue weighted by Gasteiger charge is 2.42. The topological polar surface area (TPSA) is 61.4 Å². The van der Waals surface area contributed by atoms with Gasteiger partial charge in [-0.3, -0.25) is 9.59 Å². The highest BCUT2D eigenvalue weighted by molar-refractivity contribution is 5.93. The van der Waals surface area contributed by atoms with E-state index in [1.807, 2.05) is 0 Å². The van der Waals surface area contributed by atoms with Crippen molar-refractivity contribution in [1.82, 2.24) is 15.5 Å². The Balaban J connectivity index is 2.12. The summed E-state index contributed by atoms with van der Waals surface area (Å²) in [5.41, 5.74) is -0.723. The number of hydrogen-bond acceptors (Lipinski definition) is 3. The monoisotopic (exact) mass is 225 g/mol. The van der Waals surface area contributed by atoms with Crippen LogP contribution >= 0.6 is 0 Å². The average Bonchev–Trinajstić information content (AvgIpc) is 2.74. The smallest absolute Gasteiger partial charge is 0.245 e. The van der Waals surface area contributed by atoms with Gasteiger partial charge >= 0.3 is 0 Å². The Hall–Kier alpha value is -1.10. The lowest BCUT2D eigenvalue weighted by atomic mass is 9.97. The van der Waals surface area contributed by atoms with Gasteiger partial charge in [-0.05, 0) is 33.2 Å². The van der Waals surface area contributed by atoms with Crippen LogP contribution in [0.4, 0.5) is 0 Å². The van der Waals surface area contributed by atoms with Gasteiger partial charge in [0, 0.05) is 13.1 Å². The number of carbonyl (C=O) groups is 2. The molecule has 0 saturated carbocycles. The number of rotatable bonds is 1. The molecule has 2 saturated heterocycles. The van der Waals surface area contributed by atoms with E-state index in [1.54, 1.807) is 18.7 Å². The SMILES string of the molecule is CC1(C)C(=O)NCCN1C(=O)[C@@H]1CCCN1. The summed E-state index contributed by atoms with van der Waals surface area (Å²) in [6.45, 7) is 5.66. The second kappa shape index (κ2) is 4.05. The molecule has 0 radical (unpaired) electrons. The molecule has 2 amide bonds. The van der Waals surface area contributed by atoms with E-state index in [4.69, 9.17) is 0 Å². The van der Waals surface area contributed by atoms with E-state index in [0.717, 1.165) is 19.4 Å². The minimum Gasteiger partial charge on any atom is -0.352 e. The Labute approximate surface area is 95.6 Å². The van der Waals surface area contributed by atoms with Gasteiger partial charge in [0.05, 0.1) is 6.04 Å². The Kier molecular flexibility index (Phi) is 2.88. The lowest BCUT2D eigenvalue weighted by molar-refractivity contribution is -0.150. The van der Waals surface area contributed by atoms with Gasteiger partial charge in [-0.15, -0.1) is 0 Å². The number of amides is 2. The van der Waals surface area contributed by atoms with Crippen LogP contribution < -0.4 is 10.6 Å². The molecular formula is C11H19N3O2. The average molecular weight is 225 g/mol. The summed E-state index contributed by atoms with van der Waals surface area (Å²) >= 11 is 0. The zero-order valence-corrected chi connectivity index (χ0v) is 9.88. The molecule has 0 aliphatic carbocycles. The normalized spacial score (nSPS) is 29.0. The summed E-state index contributed by atoms with van der Waals surface area (Å²) in [7, 11) is 0. The maximum atomic E-state index is 12.2. The number of carbonyl (C=O) groups excluding carboxylic acids is 2. The van der Waals surface area contributed by atoms with Crippen LogP contribution in [0.2, 0.25) is 0 Å². The molecule has 2 aliphatic rings. The fourth-order valence-electron chi connectivity index (χ4n) is 2.37. The van der Waals surface area contributed by atoms with E-state index in [1.165, 1.54) is 0 Å². The molecular weight excluding hydrogens is 206 g/mol. The first-order valence-corrected chi connectivity index (χ1v) is 5.86. The summed E-state index contributed by atoms with van der Waals surface area (Å²) in [5, 5.41) is 5.98. The summed E-state index contributed by atoms with van der Waals surface area (Å²) < 4.78 is 0. The first-order chi connectivity index (χ1) is 7.53. The number of nitrogens with one attached hydrogen (secondary N) is 2. The molecule has 0 aromatic carbocycles. The van der Waals surface area contributed by atoms with Crippen molar-refractivity contribution < 1.29 is 9.59 Å². The number of hydrogen-bond donors (Lipinski definition) is 2. The lowest BCUT2D eigenvalue weighted by Gasteiger charge is -2.42. The molecule has 2 rings (SSSR count). The van der Waals surface area contributed by atoms with Crippen LogP contribution in [-0.4, -0.2) is 47.9 Å². The van der Waals surface area contributed by atoms with E-state index >= 15 is 0 Å². The van der Waals surface area contributed by atoms with Gasteiger partial charge in [0.1, 0.15) is 5.54 Å². The molecule has 2 heterocycles. The molecule has 5 nitrogen and oxygen atoms in total. The summed E-state index contributed by atoms with van der Waals surface area (Å²) in [4.78, 5) is 25.7.